The number of rotatable bonds is 7. The van der Waals surface area contributed by atoms with Crippen molar-refractivity contribution in [3.05, 3.63) is 47.0 Å². The van der Waals surface area contributed by atoms with E-state index in [-0.39, 0.29) is 5.78 Å². The van der Waals surface area contributed by atoms with Crippen molar-refractivity contribution >= 4 is 5.78 Å². The van der Waals surface area contributed by atoms with Gasteiger partial charge in [0, 0.05) is 24.6 Å². The minimum absolute atomic E-state index is 0.121. The largest absolute Gasteiger partial charge is 0.314 e. The van der Waals surface area contributed by atoms with E-state index in [9.17, 15) is 4.79 Å². The van der Waals surface area contributed by atoms with Gasteiger partial charge in [-0.15, -0.1) is 10.2 Å². The van der Waals surface area contributed by atoms with Crippen molar-refractivity contribution in [2.24, 2.45) is 0 Å². The SMILES string of the molecule is CCn1c(CN(C)C)nnc1C1CCN(Cc2ccc(C(C)=O)cc2)CC1. The molecule has 2 heterocycles. The maximum atomic E-state index is 11.4. The van der Waals surface area contributed by atoms with E-state index in [0.717, 1.165) is 62.8 Å². The van der Waals surface area contributed by atoms with Crippen LogP contribution >= 0.6 is 0 Å². The number of carbonyl (C=O) groups excluding carboxylic acids is 1. The molecule has 0 spiro atoms. The van der Waals surface area contributed by atoms with Gasteiger partial charge in [-0.2, -0.15) is 0 Å². The van der Waals surface area contributed by atoms with Crippen LogP contribution in [0.5, 0.6) is 0 Å². The molecule has 1 fully saturated rings. The average Bonchev–Trinajstić information content (AvgIpc) is 3.04. The Labute approximate surface area is 162 Å². The molecule has 1 aromatic heterocycles. The topological polar surface area (TPSA) is 54.3 Å². The number of hydrogen-bond acceptors (Lipinski definition) is 5. The normalized spacial score (nSPS) is 16.2. The molecule has 0 saturated carbocycles. The Balaban J connectivity index is 1.59. The lowest BCUT2D eigenvalue weighted by Crippen LogP contribution is -2.33. The number of Topliss-reactive ketones (excluding diaryl/α,β-unsaturated/α-hetero) is 1. The van der Waals surface area contributed by atoms with Crippen LogP contribution in [-0.4, -0.2) is 57.5 Å². The van der Waals surface area contributed by atoms with Gasteiger partial charge >= 0.3 is 0 Å². The van der Waals surface area contributed by atoms with Gasteiger partial charge in [-0.1, -0.05) is 24.3 Å². The molecule has 27 heavy (non-hydrogen) atoms. The number of piperidine rings is 1. The first-order valence-corrected chi connectivity index (χ1v) is 9.86. The second-order valence-electron chi connectivity index (χ2n) is 7.76. The molecular formula is C21H31N5O. The fourth-order valence-electron chi connectivity index (χ4n) is 3.85. The molecule has 3 rings (SSSR count). The van der Waals surface area contributed by atoms with Crippen molar-refractivity contribution in [1.82, 2.24) is 24.6 Å². The van der Waals surface area contributed by atoms with Crippen LogP contribution < -0.4 is 0 Å². The zero-order valence-electron chi connectivity index (χ0n) is 17.0. The van der Waals surface area contributed by atoms with Crippen LogP contribution in [0, 0.1) is 0 Å². The van der Waals surface area contributed by atoms with Gasteiger partial charge in [-0.3, -0.25) is 9.69 Å². The van der Waals surface area contributed by atoms with E-state index < -0.39 is 0 Å². The summed E-state index contributed by atoms with van der Waals surface area (Å²) in [7, 11) is 4.13. The van der Waals surface area contributed by atoms with Gasteiger partial charge in [-0.25, -0.2) is 0 Å². The first-order valence-electron chi connectivity index (χ1n) is 9.86. The van der Waals surface area contributed by atoms with Gasteiger partial charge < -0.3 is 9.47 Å². The first-order chi connectivity index (χ1) is 13.0. The number of carbonyl (C=O) groups is 1. The molecule has 6 heteroatoms. The Hall–Kier alpha value is -2.05. The van der Waals surface area contributed by atoms with Crippen molar-refractivity contribution < 1.29 is 4.79 Å². The predicted molar refractivity (Wildman–Crippen MR) is 107 cm³/mol. The highest BCUT2D eigenvalue weighted by Gasteiger charge is 2.25. The fourth-order valence-corrected chi connectivity index (χ4v) is 3.85. The molecule has 1 saturated heterocycles. The van der Waals surface area contributed by atoms with Gasteiger partial charge in [0.05, 0.1) is 6.54 Å². The maximum absolute atomic E-state index is 11.4. The third-order valence-electron chi connectivity index (χ3n) is 5.35. The highest BCUT2D eigenvalue weighted by Crippen LogP contribution is 2.28. The van der Waals surface area contributed by atoms with Crippen LogP contribution in [0.2, 0.25) is 0 Å². The Morgan fingerprint density at radius 3 is 2.37 bits per heavy atom. The predicted octanol–water partition coefficient (Wildman–Crippen LogP) is 2.94. The summed E-state index contributed by atoms with van der Waals surface area (Å²) in [5, 5.41) is 8.98. The molecule has 0 aliphatic carbocycles. The molecule has 0 radical (unpaired) electrons. The molecule has 0 N–H and O–H groups in total. The second kappa shape index (κ2) is 8.76. The smallest absolute Gasteiger partial charge is 0.159 e. The Morgan fingerprint density at radius 2 is 1.81 bits per heavy atom. The van der Waals surface area contributed by atoms with Gasteiger partial charge in [-0.05, 0) is 59.4 Å². The van der Waals surface area contributed by atoms with E-state index in [1.165, 1.54) is 5.56 Å². The summed E-state index contributed by atoms with van der Waals surface area (Å²) in [6.07, 6.45) is 2.23. The van der Waals surface area contributed by atoms with E-state index in [4.69, 9.17) is 0 Å². The standard InChI is InChI=1S/C21H31N5O/c1-5-26-20(15-24(3)4)22-23-21(26)19-10-12-25(13-11-19)14-17-6-8-18(9-7-17)16(2)27/h6-9,19H,5,10-15H2,1-4H3. The number of benzene rings is 1. The lowest BCUT2D eigenvalue weighted by atomic mass is 9.95. The molecule has 146 valence electrons. The summed E-state index contributed by atoms with van der Waals surface area (Å²) in [6.45, 7) is 8.61. The summed E-state index contributed by atoms with van der Waals surface area (Å²) < 4.78 is 2.29. The molecule has 0 bridgehead atoms. The zero-order chi connectivity index (χ0) is 19.4. The summed E-state index contributed by atoms with van der Waals surface area (Å²) in [6, 6.07) is 8.01. The zero-order valence-corrected chi connectivity index (χ0v) is 17.0. The molecular weight excluding hydrogens is 338 g/mol. The third-order valence-corrected chi connectivity index (χ3v) is 5.35. The van der Waals surface area contributed by atoms with E-state index in [0.29, 0.717) is 5.92 Å². The number of ketones is 1. The molecule has 0 amide bonds. The van der Waals surface area contributed by atoms with Gasteiger partial charge in [0.25, 0.3) is 0 Å². The average molecular weight is 370 g/mol. The van der Waals surface area contributed by atoms with E-state index in [1.54, 1.807) is 6.92 Å². The molecule has 1 aliphatic rings. The highest BCUT2D eigenvalue weighted by molar-refractivity contribution is 5.93. The lowest BCUT2D eigenvalue weighted by Gasteiger charge is -2.31. The number of hydrogen-bond donors (Lipinski definition) is 0. The fraction of sp³-hybridized carbons (Fsp3) is 0.571. The summed E-state index contributed by atoms with van der Waals surface area (Å²) in [5.41, 5.74) is 2.05. The van der Waals surface area contributed by atoms with Crippen molar-refractivity contribution in [2.75, 3.05) is 27.2 Å². The lowest BCUT2D eigenvalue weighted by molar-refractivity contribution is 0.101. The van der Waals surface area contributed by atoms with Crippen LogP contribution in [0.4, 0.5) is 0 Å². The summed E-state index contributed by atoms with van der Waals surface area (Å²) in [4.78, 5) is 16.0. The molecule has 2 aromatic rings. The third kappa shape index (κ3) is 4.82. The number of nitrogens with zero attached hydrogens (tertiary/aromatic N) is 5. The van der Waals surface area contributed by atoms with Crippen molar-refractivity contribution in [2.45, 2.75) is 52.2 Å². The molecule has 0 unspecified atom stereocenters. The van der Waals surface area contributed by atoms with Gasteiger partial charge in [0.15, 0.2) is 5.78 Å². The van der Waals surface area contributed by atoms with Crippen molar-refractivity contribution in [3.63, 3.8) is 0 Å². The minimum Gasteiger partial charge on any atom is -0.314 e. The van der Waals surface area contributed by atoms with Crippen molar-refractivity contribution in [1.29, 1.82) is 0 Å². The first kappa shape index (κ1) is 19.7. The summed E-state index contributed by atoms with van der Waals surface area (Å²) in [5.74, 6) is 2.83. The number of likely N-dealkylation sites (tertiary alicyclic amines) is 1. The molecule has 0 atom stereocenters. The maximum Gasteiger partial charge on any atom is 0.159 e. The Bertz CT molecular complexity index is 757. The Kier molecular flexibility index (Phi) is 6.39. The van der Waals surface area contributed by atoms with Gasteiger partial charge in [0.1, 0.15) is 11.6 Å². The van der Waals surface area contributed by atoms with Crippen molar-refractivity contribution in [3.8, 4) is 0 Å². The minimum atomic E-state index is 0.121. The van der Waals surface area contributed by atoms with Crippen LogP contribution in [0.25, 0.3) is 0 Å². The molecule has 1 aliphatic heterocycles. The van der Waals surface area contributed by atoms with Crippen LogP contribution in [0.3, 0.4) is 0 Å². The molecule has 1 aromatic carbocycles. The quantitative estimate of drug-likeness (QED) is 0.703. The second-order valence-corrected chi connectivity index (χ2v) is 7.76. The van der Waals surface area contributed by atoms with E-state index in [1.807, 2.05) is 12.1 Å². The highest BCUT2D eigenvalue weighted by atomic mass is 16.1. The van der Waals surface area contributed by atoms with Gasteiger partial charge in [0.2, 0.25) is 0 Å². The van der Waals surface area contributed by atoms with Crippen LogP contribution in [0.1, 0.15) is 60.2 Å². The van der Waals surface area contributed by atoms with E-state index >= 15 is 0 Å². The molecule has 6 nitrogen and oxygen atoms in total. The van der Waals surface area contributed by atoms with Crippen LogP contribution in [-0.2, 0) is 19.6 Å². The van der Waals surface area contributed by atoms with Crippen LogP contribution in [0.15, 0.2) is 24.3 Å². The monoisotopic (exact) mass is 369 g/mol. The summed E-state index contributed by atoms with van der Waals surface area (Å²) >= 11 is 0. The Morgan fingerprint density at radius 1 is 1.15 bits per heavy atom. The number of aromatic nitrogens is 3. The van der Waals surface area contributed by atoms with E-state index in [2.05, 4.69) is 57.7 Å².